The normalized spacial score (nSPS) is 10.7. The number of rotatable bonds is 2. The monoisotopic (exact) mass is 156 g/mol. The van der Waals surface area contributed by atoms with E-state index in [0.717, 1.165) is 7.11 Å². The van der Waals surface area contributed by atoms with Gasteiger partial charge in [-0.1, -0.05) is 5.92 Å². The molecule has 0 spiro atoms. The summed E-state index contributed by atoms with van der Waals surface area (Å²) in [6, 6.07) is 0. The van der Waals surface area contributed by atoms with E-state index in [-0.39, 0.29) is 0 Å². The topological polar surface area (TPSA) is 63.6 Å². The average Bonchev–Trinajstić information content (AvgIpc) is 1.98. The lowest BCUT2D eigenvalue weighted by Gasteiger charge is -2.00. The molecule has 60 valence electrons. The molecule has 0 aromatic heterocycles. The van der Waals surface area contributed by atoms with Crippen molar-refractivity contribution < 1.29 is 19.4 Å². The van der Waals surface area contributed by atoms with Crippen molar-refractivity contribution in [3.05, 3.63) is 0 Å². The highest BCUT2D eigenvalue weighted by Crippen LogP contribution is 1.96. The lowest BCUT2D eigenvalue weighted by atomic mass is 10.1. The molecule has 0 rings (SSSR count). The SMILES string of the molecule is CC#CC(C(=O)O)C(=O)OC. The first-order valence-corrected chi connectivity index (χ1v) is 2.86. The standard InChI is InChI=1S/C7H8O4/c1-3-4-5(6(8)9)7(10)11-2/h5H,1-2H3,(H,8,9). The molecule has 1 unspecified atom stereocenters. The third-order valence-corrected chi connectivity index (χ3v) is 0.973. The zero-order chi connectivity index (χ0) is 8.85. The van der Waals surface area contributed by atoms with Gasteiger partial charge in [-0.3, -0.25) is 9.59 Å². The fourth-order valence-corrected chi connectivity index (χ4v) is 0.484. The van der Waals surface area contributed by atoms with E-state index in [0.29, 0.717) is 0 Å². The predicted octanol–water partition coefficient (Wildman–Crippen LogP) is -0.117. The Hall–Kier alpha value is -1.50. The predicted molar refractivity (Wildman–Crippen MR) is 36.6 cm³/mol. The van der Waals surface area contributed by atoms with Crippen LogP contribution < -0.4 is 0 Å². The van der Waals surface area contributed by atoms with Crippen molar-refractivity contribution in [2.45, 2.75) is 6.92 Å². The number of esters is 1. The quantitative estimate of drug-likeness (QED) is 0.344. The number of ether oxygens (including phenoxy) is 1. The summed E-state index contributed by atoms with van der Waals surface area (Å²) in [6.07, 6.45) is 0. The molecule has 4 heteroatoms. The summed E-state index contributed by atoms with van der Waals surface area (Å²) in [4.78, 5) is 20.9. The molecule has 0 aliphatic carbocycles. The van der Waals surface area contributed by atoms with Crippen molar-refractivity contribution in [3.8, 4) is 11.8 Å². The Morgan fingerprint density at radius 3 is 2.36 bits per heavy atom. The van der Waals surface area contributed by atoms with Crippen LogP contribution in [0.15, 0.2) is 0 Å². The van der Waals surface area contributed by atoms with Gasteiger partial charge in [-0.05, 0) is 6.92 Å². The fourth-order valence-electron chi connectivity index (χ4n) is 0.484. The number of hydrogen-bond acceptors (Lipinski definition) is 3. The molecule has 1 atom stereocenters. The number of aliphatic carboxylic acids is 1. The second-order valence-electron chi connectivity index (χ2n) is 1.69. The number of methoxy groups -OCH3 is 1. The number of hydrogen-bond donors (Lipinski definition) is 1. The number of carboxylic acids is 1. The zero-order valence-corrected chi connectivity index (χ0v) is 6.25. The molecule has 0 aliphatic heterocycles. The zero-order valence-electron chi connectivity index (χ0n) is 6.25. The molecule has 0 heterocycles. The van der Waals surface area contributed by atoms with Gasteiger partial charge in [-0.2, -0.15) is 0 Å². The van der Waals surface area contributed by atoms with Gasteiger partial charge >= 0.3 is 11.9 Å². The minimum atomic E-state index is -1.36. The molecular weight excluding hydrogens is 148 g/mol. The lowest BCUT2D eigenvalue weighted by Crippen LogP contribution is -2.23. The highest BCUT2D eigenvalue weighted by atomic mass is 16.5. The summed E-state index contributed by atoms with van der Waals surface area (Å²) in [5.74, 6) is 1.06. The Balaban J connectivity index is 4.43. The van der Waals surface area contributed by atoms with Gasteiger partial charge in [-0.25, -0.2) is 0 Å². The van der Waals surface area contributed by atoms with E-state index >= 15 is 0 Å². The van der Waals surface area contributed by atoms with Crippen molar-refractivity contribution in [1.29, 1.82) is 0 Å². The minimum Gasteiger partial charge on any atom is -0.480 e. The summed E-state index contributed by atoms with van der Waals surface area (Å²) < 4.78 is 4.20. The number of carboxylic acid groups (broad SMARTS) is 1. The van der Waals surface area contributed by atoms with Crippen molar-refractivity contribution in [3.63, 3.8) is 0 Å². The smallest absolute Gasteiger partial charge is 0.332 e. The van der Waals surface area contributed by atoms with E-state index in [1.807, 2.05) is 0 Å². The molecule has 0 aliphatic rings. The first kappa shape index (κ1) is 9.50. The maximum Gasteiger partial charge on any atom is 0.332 e. The van der Waals surface area contributed by atoms with Gasteiger partial charge in [0.2, 0.25) is 5.92 Å². The van der Waals surface area contributed by atoms with E-state index in [4.69, 9.17) is 5.11 Å². The van der Waals surface area contributed by atoms with Gasteiger partial charge in [0.25, 0.3) is 0 Å². The van der Waals surface area contributed by atoms with Gasteiger partial charge in [0.15, 0.2) is 0 Å². The summed E-state index contributed by atoms with van der Waals surface area (Å²) in [5.41, 5.74) is 0. The third kappa shape index (κ3) is 2.72. The van der Waals surface area contributed by atoms with E-state index in [2.05, 4.69) is 16.6 Å². The van der Waals surface area contributed by atoms with Gasteiger partial charge in [0.05, 0.1) is 7.11 Å². The maximum absolute atomic E-state index is 10.6. The first-order chi connectivity index (χ1) is 5.13. The molecule has 0 amide bonds. The molecule has 0 saturated carbocycles. The second-order valence-corrected chi connectivity index (χ2v) is 1.69. The van der Waals surface area contributed by atoms with Gasteiger partial charge < -0.3 is 9.84 Å². The summed E-state index contributed by atoms with van der Waals surface area (Å²) >= 11 is 0. The van der Waals surface area contributed by atoms with E-state index in [9.17, 15) is 9.59 Å². The third-order valence-electron chi connectivity index (χ3n) is 0.973. The first-order valence-electron chi connectivity index (χ1n) is 2.86. The van der Waals surface area contributed by atoms with Crippen LogP contribution in [0.4, 0.5) is 0 Å². The second kappa shape index (κ2) is 4.34. The van der Waals surface area contributed by atoms with Crippen molar-refractivity contribution in [1.82, 2.24) is 0 Å². The largest absolute Gasteiger partial charge is 0.480 e. The number of carbonyl (C=O) groups is 2. The molecule has 1 N–H and O–H groups in total. The molecule has 0 radical (unpaired) electrons. The molecule has 0 bridgehead atoms. The molecular formula is C7H8O4. The van der Waals surface area contributed by atoms with Crippen LogP contribution in [-0.2, 0) is 14.3 Å². The Morgan fingerprint density at radius 2 is 2.09 bits per heavy atom. The molecule has 4 nitrogen and oxygen atoms in total. The van der Waals surface area contributed by atoms with E-state index in [1.165, 1.54) is 6.92 Å². The van der Waals surface area contributed by atoms with Gasteiger partial charge in [0.1, 0.15) is 0 Å². The molecule has 0 fully saturated rings. The van der Waals surface area contributed by atoms with Gasteiger partial charge in [-0.15, -0.1) is 5.92 Å². The highest BCUT2D eigenvalue weighted by Gasteiger charge is 2.24. The van der Waals surface area contributed by atoms with Crippen molar-refractivity contribution >= 4 is 11.9 Å². The Labute approximate surface area is 64.2 Å². The van der Waals surface area contributed by atoms with Crippen LogP contribution in [0.2, 0.25) is 0 Å². The van der Waals surface area contributed by atoms with Crippen LogP contribution in [0, 0.1) is 17.8 Å². The Morgan fingerprint density at radius 1 is 1.55 bits per heavy atom. The van der Waals surface area contributed by atoms with Crippen LogP contribution in [0.25, 0.3) is 0 Å². The molecule has 0 saturated heterocycles. The minimum absolute atomic E-state index is 0.841. The summed E-state index contributed by atoms with van der Waals surface area (Å²) in [6.45, 7) is 1.46. The average molecular weight is 156 g/mol. The van der Waals surface area contributed by atoms with Crippen LogP contribution >= 0.6 is 0 Å². The van der Waals surface area contributed by atoms with Gasteiger partial charge in [0, 0.05) is 0 Å². The summed E-state index contributed by atoms with van der Waals surface area (Å²) in [7, 11) is 1.12. The highest BCUT2D eigenvalue weighted by molar-refractivity contribution is 5.97. The number of carbonyl (C=O) groups excluding carboxylic acids is 1. The summed E-state index contributed by atoms with van der Waals surface area (Å²) in [5, 5.41) is 8.40. The fraction of sp³-hybridized carbons (Fsp3) is 0.429. The van der Waals surface area contributed by atoms with Crippen LogP contribution in [0.3, 0.4) is 0 Å². The maximum atomic E-state index is 10.6. The molecule has 11 heavy (non-hydrogen) atoms. The van der Waals surface area contributed by atoms with Crippen molar-refractivity contribution in [2.75, 3.05) is 7.11 Å². The van der Waals surface area contributed by atoms with Crippen LogP contribution in [0.1, 0.15) is 6.92 Å². The Kier molecular flexibility index (Phi) is 3.75. The van der Waals surface area contributed by atoms with E-state index in [1.54, 1.807) is 0 Å². The van der Waals surface area contributed by atoms with Crippen molar-refractivity contribution in [2.24, 2.45) is 5.92 Å². The van der Waals surface area contributed by atoms with Crippen LogP contribution in [-0.4, -0.2) is 24.2 Å². The van der Waals surface area contributed by atoms with Crippen LogP contribution in [0.5, 0.6) is 0 Å². The Bertz CT molecular complexity index is 220. The molecule has 0 aromatic carbocycles. The van der Waals surface area contributed by atoms with E-state index < -0.39 is 17.9 Å². The lowest BCUT2D eigenvalue weighted by molar-refractivity contribution is -0.153. The molecule has 0 aromatic rings.